The van der Waals surface area contributed by atoms with E-state index >= 15 is 0 Å². The first kappa shape index (κ1) is 23.2. The zero-order chi connectivity index (χ0) is 23.4. The van der Waals surface area contributed by atoms with Gasteiger partial charge in [0, 0.05) is 37.1 Å². The average Bonchev–Trinajstić information content (AvgIpc) is 3.06. The Kier molecular flexibility index (Phi) is 7.05. The van der Waals surface area contributed by atoms with E-state index in [1.54, 1.807) is 26.1 Å². The number of nitrogens with zero attached hydrogens (tertiary/aromatic N) is 4. The largest absolute Gasteiger partial charge is 0.351 e. The number of nitriles is 1. The molecule has 0 aliphatic carbocycles. The van der Waals surface area contributed by atoms with Gasteiger partial charge in [-0.1, -0.05) is 31.2 Å². The number of aryl methyl sites for hydroxylation is 2. The van der Waals surface area contributed by atoms with E-state index in [-0.39, 0.29) is 23.8 Å². The van der Waals surface area contributed by atoms with Crippen LogP contribution < -0.4 is 5.32 Å². The van der Waals surface area contributed by atoms with Crippen LogP contribution in [0.3, 0.4) is 0 Å². The highest BCUT2D eigenvalue weighted by Crippen LogP contribution is 2.33. The van der Waals surface area contributed by atoms with Crippen LogP contribution in [0, 0.1) is 28.4 Å². The molecule has 0 saturated heterocycles. The van der Waals surface area contributed by atoms with E-state index in [0.29, 0.717) is 17.5 Å². The molecule has 1 atom stereocenters. The van der Waals surface area contributed by atoms with Crippen LogP contribution in [0.4, 0.5) is 5.69 Å². The van der Waals surface area contributed by atoms with Gasteiger partial charge in [0.2, 0.25) is 5.91 Å². The molecule has 3 aromatic rings. The van der Waals surface area contributed by atoms with Gasteiger partial charge in [-0.25, -0.2) is 0 Å². The molecule has 32 heavy (non-hydrogen) atoms. The maximum Gasteiger partial charge on any atom is 0.294 e. The molecule has 8 nitrogen and oxygen atoms in total. The van der Waals surface area contributed by atoms with Crippen LogP contribution in [0.25, 0.3) is 11.1 Å². The number of pyridine rings is 1. The first-order chi connectivity index (χ1) is 15.3. The van der Waals surface area contributed by atoms with Crippen molar-refractivity contribution in [1.29, 1.82) is 5.26 Å². The minimum atomic E-state index is -0.715. The van der Waals surface area contributed by atoms with Crippen molar-refractivity contribution >= 4 is 27.5 Å². The summed E-state index contributed by atoms with van der Waals surface area (Å²) in [5.74, 6) is -1.02. The average molecular weight is 496 g/mol. The lowest BCUT2D eigenvalue weighted by molar-refractivity contribution is -0.386. The Morgan fingerprint density at radius 1 is 1.34 bits per heavy atom. The van der Waals surface area contributed by atoms with Crippen molar-refractivity contribution in [3.8, 4) is 17.2 Å². The summed E-state index contributed by atoms with van der Waals surface area (Å²) < 4.78 is 2.65. The predicted octanol–water partition coefficient (Wildman–Crippen LogP) is 4.75. The molecule has 0 saturated carbocycles. The molecule has 0 radical (unpaired) electrons. The second-order valence-corrected chi connectivity index (χ2v) is 8.18. The highest BCUT2D eigenvalue weighted by atomic mass is 79.9. The number of carbonyl (C=O) groups is 1. The van der Waals surface area contributed by atoms with Crippen LogP contribution in [0.1, 0.15) is 41.6 Å². The molecule has 3 rings (SSSR count). The second-order valence-electron chi connectivity index (χ2n) is 7.43. The molecular weight excluding hydrogens is 474 g/mol. The van der Waals surface area contributed by atoms with Crippen molar-refractivity contribution in [1.82, 2.24) is 14.9 Å². The van der Waals surface area contributed by atoms with Gasteiger partial charge in [-0.05, 0) is 46.5 Å². The number of benzene rings is 1. The summed E-state index contributed by atoms with van der Waals surface area (Å²) in [4.78, 5) is 28.0. The van der Waals surface area contributed by atoms with E-state index in [1.165, 1.54) is 6.20 Å². The number of aromatic nitrogens is 2. The number of carbonyl (C=O) groups excluding carboxylic acids is 1. The van der Waals surface area contributed by atoms with E-state index in [1.807, 2.05) is 35.9 Å². The number of halogens is 1. The van der Waals surface area contributed by atoms with Crippen LogP contribution in [-0.4, -0.2) is 20.4 Å². The lowest BCUT2D eigenvalue weighted by Gasteiger charge is -2.15. The molecule has 2 aromatic heterocycles. The van der Waals surface area contributed by atoms with E-state index in [2.05, 4.69) is 32.3 Å². The molecule has 9 heteroatoms. The summed E-state index contributed by atoms with van der Waals surface area (Å²) in [6.45, 7) is 3.71. The number of nitrogens with one attached hydrogen (secondary N) is 1. The third-order valence-corrected chi connectivity index (χ3v) is 6.29. The molecule has 0 spiro atoms. The van der Waals surface area contributed by atoms with E-state index < -0.39 is 10.8 Å². The number of nitro groups is 1. The van der Waals surface area contributed by atoms with Crippen molar-refractivity contribution in [2.75, 3.05) is 0 Å². The Morgan fingerprint density at radius 2 is 2.03 bits per heavy atom. The van der Waals surface area contributed by atoms with Crippen LogP contribution in [-0.2, 0) is 18.4 Å². The minimum Gasteiger partial charge on any atom is -0.351 e. The fourth-order valence-electron chi connectivity index (χ4n) is 3.63. The molecule has 0 aliphatic heterocycles. The molecule has 1 amide bonds. The van der Waals surface area contributed by atoms with Gasteiger partial charge in [0.1, 0.15) is 11.8 Å². The van der Waals surface area contributed by atoms with Crippen LogP contribution in [0.15, 0.2) is 47.3 Å². The Bertz CT molecular complexity index is 1210. The number of hydrogen-bond acceptors (Lipinski definition) is 5. The molecule has 0 bridgehead atoms. The third-order valence-electron chi connectivity index (χ3n) is 5.33. The zero-order valence-corrected chi connectivity index (χ0v) is 19.5. The first-order valence-corrected chi connectivity index (χ1v) is 10.8. The van der Waals surface area contributed by atoms with Crippen LogP contribution >= 0.6 is 15.9 Å². The van der Waals surface area contributed by atoms with E-state index in [9.17, 15) is 20.2 Å². The van der Waals surface area contributed by atoms with Crippen LogP contribution in [0.2, 0.25) is 0 Å². The summed E-state index contributed by atoms with van der Waals surface area (Å²) in [7, 11) is 1.86. The van der Waals surface area contributed by atoms with Gasteiger partial charge in [-0.3, -0.25) is 19.9 Å². The smallest absolute Gasteiger partial charge is 0.294 e. The molecule has 164 valence electrons. The topological polar surface area (TPSA) is 114 Å². The Hall–Kier alpha value is -3.51. The third kappa shape index (κ3) is 4.55. The second kappa shape index (κ2) is 9.75. The quantitative estimate of drug-likeness (QED) is 0.375. The van der Waals surface area contributed by atoms with Gasteiger partial charge in [-0.15, -0.1) is 0 Å². The van der Waals surface area contributed by atoms with Gasteiger partial charge >= 0.3 is 0 Å². The highest BCUT2D eigenvalue weighted by molar-refractivity contribution is 9.10. The normalized spacial score (nSPS) is 11.6. The van der Waals surface area contributed by atoms with Crippen molar-refractivity contribution in [3.05, 3.63) is 79.8 Å². The summed E-state index contributed by atoms with van der Waals surface area (Å²) in [6, 6.07) is 11.3. The van der Waals surface area contributed by atoms with Crippen molar-refractivity contribution in [2.24, 2.45) is 7.05 Å². The van der Waals surface area contributed by atoms with Gasteiger partial charge in [0.05, 0.1) is 21.0 Å². The fraction of sp³-hybridized carbons (Fsp3) is 0.261. The maximum atomic E-state index is 12.8. The Balaban J connectivity index is 1.76. The molecule has 1 unspecified atom stereocenters. The molecule has 0 aliphatic rings. The van der Waals surface area contributed by atoms with E-state index in [0.717, 1.165) is 21.3 Å². The van der Waals surface area contributed by atoms with Crippen molar-refractivity contribution in [2.45, 2.75) is 32.7 Å². The predicted molar refractivity (Wildman–Crippen MR) is 124 cm³/mol. The number of amides is 1. The van der Waals surface area contributed by atoms with Gasteiger partial charge in [-0.2, -0.15) is 5.26 Å². The molecule has 2 heterocycles. The maximum absolute atomic E-state index is 12.8. The fourth-order valence-corrected chi connectivity index (χ4v) is 4.18. The van der Waals surface area contributed by atoms with Crippen molar-refractivity contribution in [3.63, 3.8) is 0 Å². The lowest BCUT2D eigenvalue weighted by Crippen LogP contribution is -2.29. The van der Waals surface area contributed by atoms with Gasteiger partial charge in [0.15, 0.2) is 0 Å². The van der Waals surface area contributed by atoms with Crippen LogP contribution in [0.5, 0.6) is 0 Å². The van der Waals surface area contributed by atoms with Crippen molar-refractivity contribution < 1.29 is 9.72 Å². The number of rotatable bonds is 7. The standard InChI is InChI=1S/C23H22BrN5O3/c1-4-18(20-21(29(31)32)14(2)9-10-26-20)23(30)27-12-15-5-7-16(8-6-15)19-17(11-25)13-28(3)22(19)24/h5-10,13,18H,4,12H2,1-3H3,(H,27,30). The molecule has 0 fully saturated rings. The number of hydrogen-bond donors (Lipinski definition) is 1. The summed E-state index contributed by atoms with van der Waals surface area (Å²) in [5, 5.41) is 23.7. The highest BCUT2D eigenvalue weighted by Gasteiger charge is 2.29. The first-order valence-electron chi connectivity index (χ1n) is 10.00. The lowest BCUT2D eigenvalue weighted by atomic mass is 9.97. The van der Waals surface area contributed by atoms with Gasteiger partial charge in [0.25, 0.3) is 5.69 Å². The molecule has 1 aromatic carbocycles. The summed E-state index contributed by atoms with van der Waals surface area (Å²) in [6.07, 6.45) is 3.64. The summed E-state index contributed by atoms with van der Waals surface area (Å²) in [5.41, 5.74) is 3.69. The summed E-state index contributed by atoms with van der Waals surface area (Å²) >= 11 is 3.51. The molecular formula is C23H22BrN5O3. The SMILES string of the molecule is CCC(C(=O)NCc1ccc(-c2c(C#N)cn(C)c2Br)cc1)c1nccc(C)c1[N+](=O)[O-]. The molecule has 1 N–H and O–H groups in total. The Morgan fingerprint density at radius 3 is 2.62 bits per heavy atom. The van der Waals surface area contributed by atoms with E-state index in [4.69, 9.17) is 0 Å². The Labute approximate surface area is 194 Å². The zero-order valence-electron chi connectivity index (χ0n) is 17.9. The monoisotopic (exact) mass is 495 g/mol. The minimum absolute atomic E-state index is 0.111. The van der Waals surface area contributed by atoms with Gasteiger partial charge < -0.3 is 9.88 Å².